The van der Waals surface area contributed by atoms with E-state index in [1.165, 1.54) is 0 Å². The Morgan fingerprint density at radius 2 is 2.15 bits per heavy atom. The van der Waals surface area contributed by atoms with E-state index in [4.69, 9.17) is 9.47 Å². The lowest BCUT2D eigenvalue weighted by Crippen LogP contribution is -2.29. The van der Waals surface area contributed by atoms with Gasteiger partial charge in [-0.05, 0) is 19.3 Å². The average Bonchev–Trinajstić information content (AvgIpc) is 2.96. The van der Waals surface area contributed by atoms with Crippen molar-refractivity contribution in [3.8, 4) is 5.88 Å². The quantitative estimate of drug-likeness (QED) is 0.885. The van der Waals surface area contributed by atoms with E-state index >= 15 is 0 Å². The molecule has 2 atom stereocenters. The summed E-state index contributed by atoms with van der Waals surface area (Å²) in [7, 11) is 3.54. The second-order valence-corrected chi connectivity index (χ2v) is 5.00. The van der Waals surface area contributed by atoms with E-state index in [9.17, 15) is 0 Å². The summed E-state index contributed by atoms with van der Waals surface area (Å²) in [5.41, 5.74) is 0.679. The highest BCUT2D eigenvalue weighted by Crippen LogP contribution is 2.28. The molecule has 3 rings (SSSR count). The third-order valence-electron chi connectivity index (χ3n) is 3.69. The Balaban J connectivity index is 1.84. The number of anilines is 1. The van der Waals surface area contributed by atoms with Gasteiger partial charge in [0.25, 0.3) is 0 Å². The molecular formula is C13H19N5O2. The van der Waals surface area contributed by atoms with Crippen LogP contribution in [0.2, 0.25) is 0 Å². The number of fused-ring (bicyclic) bond motifs is 1. The second-order valence-electron chi connectivity index (χ2n) is 5.00. The fourth-order valence-corrected chi connectivity index (χ4v) is 2.59. The van der Waals surface area contributed by atoms with E-state index in [1.807, 2.05) is 0 Å². The van der Waals surface area contributed by atoms with Gasteiger partial charge >= 0.3 is 0 Å². The number of ether oxygens (including phenoxy) is 2. The van der Waals surface area contributed by atoms with Crippen LogP contribution in [-0.2, 0) is 4.74 Å². The van der Waals surface area contributed by atoms with Crippen LogP contribution in [0, 0.1) is 0 Å². The summed E-state index contributed by atoms with van der Waals surface area (Å²) in [4.78, 5) is 8.68. The van der Waals surface area contributed by atoms with Crippen LogP contribution < -0.4 is 10.1 Å². The van der Waals surface area contributed by atoms with Gasteiger partial charge in [-0.15, -0.1) is 0 Å². The molecule has 0 amide bonds. The molecule has 2 N–H and O–H groups in total. The molecule has 1 aliphatic rings. The van der Waals surface area contributed by atoms with Crippen LogP contribution in [0.15, 0.2) is 6.20 Å². The highest BCUT2D eigenvalue weighted by molar-refractivity contribution is 5.80. The summed E-state index contributed by atoms with van der Waals surface area (Å²) >= 11 is 0. The van der Waals surface area contributed by atoms with Crippen molar-refractivity contribution >= 4 is 17.0 Å². The Morgan fingerprint density at radius 1 is 1.30 bits per heavy atom. The van der Waals surface area contributed by atoms with Gasteiger partial charge in [0.2, 0.25) is 11.8 Å². The predicted molar refractivity (Wildman–Crippen MR) is 74.9 cm³/mol. The molecular weight excluding hydrogens is 258 g/mol. The molecule has 0 saturated heterocycles. The van der Waals surface area contributed by atoms with Crippen molar-refractivity contribution in [3.63, 3.8) is 0 Å². The Labute approximate surface area is 117 Å². The van der Waals surface area contributed by atoms with Crippen LogP contribution in [0.1, 0.15) is 25.7 Å². The van der Waals surface area contributed by atoms with Crippen molar-refractivity contribution < 1.29 is 9.47 Å². The lowest BCUT2D eigenvalue weighted by Gasteiger charge is -2.28. The fourth-order valence-electron chi connectivity index (χ4n) is 2.59. The largest absolute Gasteiger partial charge is 0.474 e. The Kier molecular flexibility index (Phi) is 3.68. The molecule has 108 valence electrons. The van der Waals surface area contributed by atoms with Crippen molar-refractivity contribution in [1.82, 2.24) is 20.2 Å². The lowest BCUT2D eigenvalue weighted by atomic mass is 9.95. The van der Waals surface area contributed by atoms with Crippen molar-refractivity contribution in [2.75, 3.05) is 19.5 Å². The Hall–Kier alpha value is -1.89. The van der Waals surface area contributed by atoms with Gasteiger partial charge in [0.1, 0.15) is 11.5 Å². The zero-order valence-corrected chi connectivity index (χ0v) is 11.7. The van der Waals surface area contributed by atoms with E-state index in [0.29, 0.717) is 17.5 Å². The van der Waals surface area contributed by atoms with Crippen LogP contribution in [-0.4, -0.2) is 46.5 Å². The van der Waals surface area contributed by atoms with Crippen molar-refractivity contribution in [2.45, 2.75) is 37.9 Å². The topological polar surface area (TPSA) is 85.0 Å². The summed E-state index contributed by atoms with van der Waals surface area (Å²) < 4.78 is 11.5. The maximum Gasteiger partial charge on any atom is 0.229 e. The average molecular weight is 277 g/mol. The number of aromatic amines is 1. The van der Waals surface area contributed by atoms with Gasteiger partial charge in [0.15, 0.2) is 5.65 Å². The van der Waals surface area contributed by atoms with Gasteiger partial charge in [-0.1, -0.05) is 0 Å². The van der Waals surface area contributed by atoms with Crippen LogP contribution in [0.5, 0.6) is 5.88 Å². The highest BCUT2D eigenvalue weighted by Gasteiger charge is 2.24. The molecule has 7 heteroatoms. The highest BCUT2D eigenvalue weighted by atomic mass is 16.5. The first-order valence-electron chi connectivity index (χ1n) is 6.88. The van der Waals surface area contributed by atoms with Crippen LogP contribution in [0.25, 0.3) is 11.0 Å². The molecule has 1 saturated carbocycles. The standard InChI is InChI=1S/C13H19N5O2/c1-14-13-16-11-10(7-15-18-11)12(17-13)20-9-5-3-4-8(6-9)19-2/h7-9H,3-6H2,1-2H3,(H2,14,15,16,17,18). The van der Waals surface area contributed by atoms with E-state index in [-0.39, 0.29) is 12.2 Å². The summed E-state index contributed by atoms with van der Waals surface area (Å²) in [5, 5.41) is 10.6. The number of rotatable bonds is 4. The number of hydrogen-bond donors (Lipinski definition) is 2. The van der Waals surface area contributed by atoms with E-state index in [2.05, 4.69) is 25.5 Å². The first-order valence-corrected chi connectivity index (χ1v) is 6.88. The number of nitrogens with one attached hydrogen (secondary N) is 2. The second kappa shape index (κ2) is 5.62. The maximum atomic E-state index is 6.07. The molecule has 2 aromatic rings. The third-order valence-corrected chi connectivity index (χ3v) is 3.69. The molecule has 0 bridgehead atoms. The number of hydrogen-bond acceptors (Lipinski definition) is 6. The summed E-state index contributed by atoms with van der Waals surface area (Å²) in [6.07, 6.45) is 6.24. The van der Waals surface area contributed by atoms with E-state index < -0.39 is 0 Å². The zero-order chi connectivity index (χ0) is 13.9. The van der Waals surface area contributed by atoms with Crippen LogP contribution in [0.4, 0.5) is 5.95 Å². The molecule has 2 unspecified atom stereocenters. The maximum absolute atomic E-state index is 6.07. The smallest absolute Gasteiger partial charge is 0.229 e. The molecule has 20 heavy (non-hydrogen) atoms. The molecule has 0 aliphatic heterocycles. The minimum Gasteiger partial charge on any atom is -0.474 e. The molecule has 0 radical (unpaired) electrons. The van der Waals surface area contributed by atoms with Crippen LogP contribution >= 0.6 is 0 Å². The van der Waals surface area contributed by atoms with Crippen molar-refractivity contribution in [3.05, 3.63) is 6.20 Å². The number of aromatic nitrogens is 4. The molecule has 2 aromatic heterocycles. The fraction of sp³-hybridized carbons (Fsp3) is 0.615. The van der Waals surface area contributed by atoms with E-state index in [1.54, 1.807) is 20.4 Å². The summed E-state index contributed by atoms with van der Waals surface area (Å²) in [6, 6.07) is 0. The SMILES string of the molecule is CNc1nc(OC2CCCC(OC)C2)c2cn[nH]c2n1. The van der Waals surface area contributed by atoms with Gasteiger partial charge in [0, 0.05) is 20.6 Å². The third kappa shape index (κ3) is 2.53. The monoisotopic (exact) mass is 277 g/mol. The van der Waals surface area contributed by atoms with Gasteiger partial charge < -0.3 is 14.8 Å². The molecule has 2 heterocycles. The summed E-state index contributed by atoms with van der Waals surface area (Å²) in [6.45, 7) is 0. The minimum absolute atomic E-state index is 0.131. The first kappa shape index (κ1) is 13.1. The van der Waals surface area contributed by atoms with Crippen molar-refractivity contribution in [2.24, 2.45) is 0 Å². The Morgan fingerprint density at radius 3 is 2.95 bits per heavy atom. The molecule has 1 fully saturated rings. The summed E-state index contributed by atoms with van der Waals surface area (Å²) in [5.74, 6) is 1.10. The molecule has 7 nitrogen and oxygen atoms in total. The van der Waals surface area contributed by atoms with Gasteiger partial charge in [-0.3, -0.25) is 5.10 Å². The molecule has 1 aliphatic carbocycles. The van der Waals surface area contributed by atoms with Gasteiger partial charge in [-0.2, -0.15) is 15.1 Å². The Bertz CT molecular complexity index is 585. The number of nitrogens with zero attached hydrogens (tertiary/aromatic N) is 3. The predicted octanol–water partition coefficient (Wildman–Crippen LogP) is 1.73. The number of H-pyrrole nitrogens is 1. The van der Waals surface area contributed by atoms with Gasteiger partial charge in [-0.25, -0.2) is 0 Å². The first-order chi connectivity index (χ1) is 9.80. The van der Waals surface area contributed by atoms with Gasteiger partial charge in [0.05, 0.1) is 12.3 Å². The molecule has 0 aromatic carbocycles. The minimum atomic E-state index is 0.131. The normalized spacial score (nSPS) is 22.9. The number of methoxy groups -OCH3 is 1. The van der Waals surface area contributed by atoms with E-state index in [0.717, 1.165) is 31.1 Å². The van der Waals surface area contributed by atoms with Crippen LogP contribution in [0.3, 0.4) is 0 Å². The zero-order valence-electron chi connectivity index (χ0n) is 11.7. The molecule has 0 spiro atoms. The lowest BCUT2D eigenvalue weighted by molar-refractivity contribution is 0.0201. The van der Waals surface area contributed by atoms with Crippen molar-refractivity contribution in [1.29, 1.82) is 0 Å².